The third-order valence-corrected chi connectivity index (χ3v) is 2.46. The number of hydrogen-bond donors (Lipinski definition) is 1. The van der Waals surface area contributed by atoms with E-state index in [1.165, 1.54) is 6.92 Å². The van der Waals surface area contributed by atoms with Crippen LogP contribution in [0.5, 0.6) is 0 Å². The fourth-order valence-corrected chi connectivity index (χ4v) is 1.32. The minimum absolute atomic E-state index is 0.0474. The number of carbonyl (C=O) groups is 1. The number of nitrogens with one attached hydrogen (secondary N) is 1. The molecule has 1 rings (SSSR count). The molecule has 0 saturated carbocycles. The smallest absolute Gasteiger partial charge is 0.217 e. The van der Waals surface area contributed by atoms with Gasteiger partial charge in [0.15, 0.2) is 0 Å². The number of amides is 1. The van der Waals surface area contributed by atoms with Gasteiger partial charge < -0.3 is 5.32 Å². The first kappa shape index (κ1) is 12.1. The topological polar surface area (TPSA) is 29.1 Å². The van der Waals surface area contributed by atoms with Gasteiger partial charge in [-0.05, 0) is 17.7 Å². The maximum absolute atomic E-state index is 10.6. The molecule has 4 heteroatoms. The molecule has 0 spiro atoms. The first-order valence-electron chi connectivity index (χ1n) is 4.45. The van der Waals surface area contributed by atoms with Gasteiger partial charge in [-0.2, -0.15) is 0 Å². The quantitative estimate of drug-likeness (QED) is 0.869. The highest BCUT2D eigenvalue weighted by Gasteiger charge is 1.96. The van der Waals surface area contributed by atoms with E-state index in [-0.39, 0.29) is 5.91 Å². The fraction of sp³-hybridized carbons (Fsp3) is 0.182. The summed E-state index contributed by atoms with van der Waals surface area (Å²) in [6.07, 6.45) is 3.72. The second kappa shape index (κ2) is 5.79. The first-order chi connectivity index (χ1) is 7.09. The monoisotopic (exact) mass is 243 g/mol. The van der Waals surface area contributed by atoms with Crippen molar-refractivity contribution < 1.29 is 4.79 Å². The Morgan fingerprint density at radius 1 is 1.40 bits per heavy atom. The fourth-order valence-electron chi connectivity index (χ4n) is 1.01. The van der Waals surface area contributed by atoms with E-state index < -0.39 is 0 Å². The normalized spacial score (nSPS) is 10.6. The van der Waals surface area contributed by atoms with Crippen LogP contribution in [0.3, 0.4) is 0 Å². The molecule has 1 aromatic carbocycles. The Bertz CT molecular complexity index is 388. The lowest BCUT2D eigenvalue weighted by atomic mass is 10.2. The minimum Gasteiger partial charge on any atom is -0.353 e. The zero-order chi connectivity index (χ0) is 11.3. The summed E-state index contributed by atoms with van der Waals surface area (Å²) in [5.74, 6) is -0.0474. The molecule has 0 radical (unpaired) electrons. The van der Waals surface area contributed by atoms with Gasteiger partial charge in [-0.15, -0.1) is 0 Å². The average molecular weight is 244 g/mol. The van der Waals surface area contributed by atoms with Gasteiger partial charge in [-0.1, -0.05) is 41.4 Å². The third kappa shape index (κ3) is 4.36. The molecule has 0 atom stereocenters. The van der Waals surface area contributed by atoms with Crippen LogP contribution in [0.1, 0.15) is 12.5 Å². The highest BCUT2D eigenvalue weighted by atomic mass is 35.5. The van der Waals surface area contributed by atoms with Gasteiger partial charge in [0.2, 0.25) is 5.91 Å². The minimum atomic E-state index is -0.0474. The van der Waals surface area contributed by atoms with Crippen molar-refractivity contribution in [2.24, 2.45) is 0 Å². The van der Waals surface area contributed by atoms with E-state index in [1.54, 1.807) is 12.1 Å². The molecule has 2 nitrogen and oxygen atoms in total. The maximum Gasteiger partial charge on any atom is 0.217 e. The SMILES string of the molecule is CC(=O)NCC=Cc1ccc(Cl)c(Cl)c1. The molecule has 15 heavy (non-hydrogen) atoms. The predicted octanol–water partition coefficient (Wildman–Crippen LogP) is 3.14. The summed E-state index contributed by atoms with van der Waals surface area (Å²) in [4.78, 5) is 10.6. The Labute approximate surface area is 98.9 Å². The molecule has 1 N–H and O–H groups in total. The van der Waals surface area contributed by atoms with Crippen LogP contribution in [0.15, 0.2) is 24.3 Å². The standard InChI is InChI=1S/C11H11Cl2NO/c1-8(15)14-6-2-3-9-4-5-10(12)11(13)7-9/h2-5,7H,6H2,1H3,(H,14,15). The van der Waals surface area contributed by atoms with Crippen molar-refractivity contribution in [2.45, 2.75) is 6.92 Å². The van der Waals surface area contributed by atoms with Crippen LogP contribution in [0.2, 0.25) is 10.0 Å². The second-order valence-corrected chi connectivity index (χ2v) is 3.83. The summed E-state index contributed by atoms with van der Waals surface area (Å²) in [5.41, 5.74) is 0.953. The van der Waals surface area contributed by atoms with Crippen LogP contribution >= 0.6 is 23.2 Å². The molecule has 0 aliphatic rings. The maximum atomic E-state index is 10.6. The predicted molar refractivity (Wildman–Crippen MR) is 64.2 cm³/mol. The Balaban J connectivity index is 2.57. The Hall–Kier alpha value is -0.990. The van der Waals surface area contributed by atoms with Gasteiger partial charge in [-0.25, -0.2) is 0 Å². The molecule has 0 aliphatic heterocycles. The molecule has 0 unspecified atom stereocenters. The summed E-state index contributed by atoms with van der Waals surface area (Å²) >= 11 is 11.6. The van der Waals surface area contributed by atoms with Crippen molar-refractivity contribution in [2.75, 3.05) is 6.54 Å². The lowest BCUT2D eigenvalue weighted by molar-refractivity contribution is -0.118. The number of halogens is 2. The van der Waals surface area contributed by atoms with E-state index in [0.717, 1.165) is 5.56 Å². The first-order valence-corrected chi connectivity index (χ1v) is 5.21. The van der Waals surface area contributed by atoms with E-state index >= 15 is 0 Å². The highest BCUT2D eigenvalue weighted by molar-refractivity contribution is 6.42. The van der Waals surface area contributed by atoms with E-state index in [9.17, 15) is 4.79 Å². The van der Waals surface area contributed by atoms with Gasteiger partial charge >= 0.3 is 0 Å². The summed E-state index contributed by atoms with van der Waals surface area (Å²) in [6, 6.07) is 5.37. The van der Waals surface area contributed by atoms with E-state index in [2.05, 4.69) is 5.32 Å². The lowest BCUT2D eigenvalue weighted by Crippen LogP contribution is -2.19. The van der Waals surface area contributed by atoms with Crippen molar-refractivity contribution >= 4 is 35.2 Å². The van der Waals surface area contributed by atoms with Crippen molar-refractivity contribution in [3.05, 3.63) is 39.9 Å². The number of benzene rings is 1. The third-order valence-electron chi connectivity index (χ3n) is 1.72. The van der Waals surface area contributed by atoms with Crippen molar-refractivity contribution in [3.63, 3.8) is 0 Å². The molecule has 0 aromatic heterocycles. The van der Waals surface area contributed by atoms with Gasteiger partial charge in [0.05, 0.1) is 10.0 Å². The van der Waals surface area contributed by atoms with Crippen LogP contribution < -0.4 is 5.32 Å². The molecule has 80 valence electrons. The Kier molecular flexibility index (Phi) is 4.66. The molecular formula is C11H11Cl2NO. The molecule has 0 aliphatic carbocycles. The molecule has 0 fully saturated rings. The van der Waals surface area contributed by atoms with Crippen LogP contribution in [0.4, 0.5) is 0 Å². The Morgan fingerprint density at radius 3 is 2.73 bits per heavy atom. The Morgan fingerprint density at radius 2 is 2.13 bits per heavy atom. The number of hydrogen-bond acceptors (Lipinski definition) is 1. The van der Waals surface area contributed by atoms with Crippen LogP contribution in [0, 0.1) is 0 Å². The number of rotatable bonds is 3. The molecule has 1 amide bonds. The van der Waals surface area contributed by atoms with Crippen LogP contribution in [-0.4, -0.2) is 12.5 Å². The molecule has 0 heterocycles. The van der Waals surface area contributed by atoms with E-state index in [4.69, 9.17) is 23.2 Å². The van der Waals surface area contributed by atoms with Gasteiger partial charge in [-0.3, -0.25) is 4.79 Å². The average Bonchev–Trinajstić information content (AvgIpc) is 2.18. The summed E-state index contributed by atoms with van der Waals surface area (Å²) in [7, 11) is 0. The summed E-state index contributed by atoms with van der Waals surface area (Å²) < 4.78 is 0. The molecule has 1 aromatic rings. The number of carbonyl (C=O) groups excluding carboxylic acids is 1. The van der Waals surface area contributed by atoms with Crippen LogP contribution in [0.25, 0.3) is 6.08 Å². The van der Waals surface area contributed by atoms with Gasteiger partial charge in [0.25, 0.3) is 0 Å². The summed E-state index contributed by atoms with van der Waals surface area (Å²) in [5, 5.41) is 3.72. The summed E-state index contributed by atoms with van der Waals surface area (Å²) in [6.45, 7) is 1.99. The van der Waals surface area contributed by atoms with E-state index in [1.807, 2.05) is 18.2 Å². The zero-order valence-corrected chi connectivity index (χ0v) is 9.77. The molecular weight excluding hydrogens is 233 g/mol. The molecule has 0 bridgehead atoms. The van der Waals surface area contributed by atoms with Gasteiger partial charge in [0, 0.05) is 13.5 Å². The largest absolute Gasteiger partial charge is 0.353 e. The van der Waals surface area contributed by atoms with Gasteiger partial charge in [0.1, 0.15) is 0 Å². The molecule has 0 saturated heterocycles. The highest BCUT2D eigenvalue weighted by Crippen LogP contribution is 2.22. The van der Waals surface area contributed by atoms with Crippen molar-refractivity contribution in [1.82, 2.24) is 5.32 Å². The van der Waals surface area contributed by atoms with Crippen molar-refractivity contribution in [3.8, 4) is 0 Å². The van der Waals surface area contributed by atoms with Crippen LogP contribution in [-0.2, 0) is 4.79 Å². The van der Waals surface area contributed by atoms with E-state index in [0.29, 0.717) is 16.6 Å². The second-order valence-electron chi connectivity index (χ2n) is 3.01. The zero-order valence-electron chi connectivity index (χ0n) is 8.26. The lowest BCUT2D eigenvalue weighted by Gasteiger charge is -1.98. The van der Waals surface area contributed by atoms with Crippen molar-refractivity contribution in [1.29, 1.82) is 0 Å².